The van der Waals surface area contributed by atoms with Gasteiger partial charge in [-0.2, -0.15) is 0 Å². The lowest BCUT2D eigenvalue weighted by Crippen LogP contribution is -2.11. The van der Waals surface area contributed by atoms with Crippen LogP contribution >= 0.6 is 0 Å². The fourth-order valence-electron chi connectivity index (χ4n) is 1.29. The van der Waals surface area contributed by atoms with Crippen molar-refractivity contribution in [1.82, 2.24) is 4.90 Å². The molecule has 0 amide bonds. The summed E-state index contributed by atoms with van der Waals surface area (Å²) in [7, 11) is 4.06. The summed E-state index contributed by atoms with van der Waals surface area (Å²) in [5.41, 5.74) is 3.87. The van der Waals surface area contributed by atoms with E-state index >= 15 is 0 Å². The summed E-state index contributed by atoms with van der Waals surface area (Å²) >= 11 is 0. The zero-order valence-corrected chi connectivity index (χ0v) is 9.38. The van der Waals surface area contributed by atoms with Gasteiger partial charge in [0, 0.05) is 26.2 Å². The van der Waals surface area contributed by atoms with Crippen molar-refractivity contribution in [3.05, 3.63) is 47.7 Å². The van der Waals surface area contributed by atoms with Crippen LogP contribution in [0.25, 0.3) is 0 Å². The molecule has 0 N–H and O–H groups in total. The Bertz CT molecular complexity index is 296. The van der Waals surface area contributed by atoms with Gasteiger partial charge in [0.1, 0.15) is 0 Å². The Kier molecular flexibility index (Phi) is 3.75. The Morgan fingerprint density at radius 2 is 1.64 bits per heavy atom. The first-order valence-electron chi connectivity index (χ1n) is 5.06. The van der Waals surface area contributed by atoms with Gasteiger partial charge in [-0.15, -0.1) is 0 Å². The third-order valence-electron chi connectivity index (χ3n) is 2.47. The molecule has 0 unspecified atom stereocenters. The summed E-state index contributed by atoms with van der Waals surface area (Å²) in [6, 6.07) is 8.76. The Morgan fingerprint density at radius 3 is 2.07 bits per heavy atom. The van der Waals surface area contributed by atoms with Crippen molar-refractivity contribution in [2.24, 2.45) is 0 Å². The van der Waals surface area contributed by atoms with Gasteiger partial charge < -0.3 is 4.90 Å². The number of aryl methyl sites for hydroxylation is 1. The van der Waals surface area contributed by atoms with Crippen LogP contribution in [0, 0.1) is 0 Å². The van der Waals surface area contributed by atoms with Gasteiger partial charge in [-0.25, -0.2) is 0 Å². The first-order valence-corrected chi connectivity index (χ1v) is 5.06. The molecule has 0 saturated heterocycles. The van der Waals surface area contributed by atoms with Crippen molar-refractivity contribution in [3.63, 3.8) is 0 Å². The Hall–Kier alpha value is -1.24. The lowest BCUT2D eigenvalue weighted by molar-refractivity contribution is 0.501. The van der Waals surface area contributed by atoms with E-state index in [1.807, 2.05) is 14.1 Å². The third-order valence-corrected chi connectivity index (χ3v) is 2.47. The van der Waals surface area contributed by atoms with Crippen LogP contribution in [-0.2, 0) is 12.8 Å². The second-order valence-electron chi connectivity index (χ2n) is 3.81. The molecule has 1 aromatic carbocycles. The molecule has 0 spiro atoms. The SMILES string of the molecule is C=C(Cc1ccc(CC)cc1)N(C)C. The van der Waals surface area contributed by atoms with E-state index in [1.165, 1.54) is 11.1 Å². The van der Waals surface area contributed by atoms with Gasteiger partial charge in [0.25, 0.3) is 0 Å². The summed E-state index contributed by atoms with van der Waals surface area (Å²) < 4.78 is 0. The standard InChI is InChI=1S/C13H19N/c1-5-12-6-8-13(9-7-12)10-11(2)14(3)4/h6-9H,2,5,10H2,1,3-4H3. The molecule has 1 aromatic rings. The van der Waals surface area contributed by atoms with Crippen molar-refractivity contribution >= 4 is 0 Å². The molecule has 1 rings (SSSR count). The van der Waals surface area contributed by atoms with Crippen LogP contribution in [0.3, 0.4) is 0 Å². The maximum Gasteiger partial charge on any atom is 0.0119 e. The predicted molar refractivity (Wildman–Crippen MR) is 62.4 cm³/mol. The van der Waals surface area contributed by atoms with Crippen LogP contribution < -0.4 is 0 Å². The molecule has 1 nitrogen and oxygen atoms in total. The predicted octanol–water partition coefficient (Wildman–Crippen LogP) is 2.87. The monoisotopic (exact) mass is 189 g/mol. The zero-order valence-electron chi connectivity index (χ0n) is 9.38. The van der Waals surface area contributed by atoms with E-state index in [0.29, 0.717) is 0 Å². The average molecular weight is 189 g/mol. The maximum atomic E-state index is 4.02. The summed E-state index contributed by atoms with van der Waals surface area (Å²) in [5, 5.41) is 0. The summed E-state index contributed by atoms with van der Waals surface area (Å²) in [6.07, 6.45) is 2.05. The molecule has 76 valence electrons. The Morgan fingerprint density at radius 1 is 1.14 bits per heavy atom. The fourth-order valence-corrected chi connectivity index (χ4v) is 1.29. The number of hydrogen-bond acceptors (Lipinski definition) is 1. The highest BCUT2D eigenvalue weighted by molar-refractivity contribution is 5.25. The molecule has 14 heavy (non-hydrogen) atoms. The molecule has 0 aliphatic carbocycles. The molecule has 0 bridgehead atoms. The highest BCUT2D eigenvalue weighted by Crippen LogP contribution is 2.10. The minimum atomic E-state index is 0.941. The van der Waals surface area contributed by atoms with Crippen molar-refractivity contribution in [3.8, 4) is 0 Å². The number of benzene rings is 1. The summed E-state index contributed by atoms with van der Waals surface area (Å²) in [5.74, 6) is 0. The molecular formula is C13H19N. The summed E-state index contributed by atoms with van der Waals surface area (Å²) in [4.78, 5) is 2.06. The molecule has 0 heterocycles. The van der Waals surface area contributed by atoms with E-state index in [2.05, 4.69) is 42.7 Å². The van der Waals surface area contributed by atoms with Crippen molar-refractivity contribution in [1.29, 1.82) is 0 Å². The van der Waals surface area contributed by atoms with Gasteiger partial charge in [-0.05, 0) is 17.5 Å². The average Bonchev–Trinajstić information content (AvgIpc) is 2.19. The second-order valence-corrected chi connectivity index (χ2v) is 3.81. The van der Waals surface area contributed by atoms with Crippen LogP contribution in [0.4, 0.5) is 0 Å². The zero-order chi connectivity index (χ0) is 10.6. The normalized spacial score (nSPS) is 9.93. The van der Waals surface area contributed by atoms with Crippen molar-refractivity contribution in [2.75, 3.05) is 14.1 Å². The molecule has 0 radical (unpaired) electrons. The van der Waals surface area contributed by atoms with Gasteiger partial charge in [-0.1, -0.05) is 37.8 Å². The first kappa shape index (κ1) is 10.8. The van der Waals surface area contributed by atoms with E-state index in [-0.39, 0.29) is 0 Å². The van der Waals surface area contributed by atoms with E-state index in [0.717, 1.165) is 18.5 Å². The fraction of sp³-hybridized carbons (Fsp3) is 0.385. The highest BCUT2D eigenvalue weighted by atomic mass is 15.1. The molecule has 0 atom stereocenters. The van der Waals surface area contributed by atoms with Crippen LogP contribution in [0.5, 0.6) is 0 Å². The van der Waals surface area contributed by atoms with Crippen molar-refractivity contribution < 1.29 is 0 Å². The van der Waals surface area contributed by atoms with E-state index < -0.39 is 0 Å². The molecule has 0 fully saturated rings. The first-order chi connectivity index (χ1) is 6.63. The van der Waals surface area contributed by atoms with Crippen molar-refractivity contribution in [2.45, 2.75) is 19.8 Å². The third kappa shape index (κ3) is 2.91. The molecule has 0 aliphatic rings. The molecular weight excluding hydrogens is 170 g/mol. The Labute approximate surface area is 87.1 Å². The van der Waals surface area contributed by atoms with Gasteiger partial charge in [0.05, 0.1) is 0 Å². The van der Waals surface area contributed by atoms with E-state index in [9.17, 15) is 0 Å². The second kappa shape index (κ2) is 4.85. The molecule has 0 saturated carbocycles. The Balaban J connectivity index is 2.64. The lowest BCUT2D eigenvalue weighted by Gasteiger charge is -2.15. The smallest absolute Gasteiger partial charge is 0.0119 e. The largest absolute Gasteiger partial charge is 0.381 e. The van der Waals surface area contributed by atoms with Crippen LogP contribution in [0.15, 0.2) is 36.5 Å². The van der Waals surface area contributed by atoms with Gasteiger partial charge in [0.15, 0.2) is 0 Å². The number of hydrogen-bond donors (Lipinski definition) is 0. The van der Waals surface area contributed by atoms with Crippen LogP contribution in [0.1, 0.15) is 18.1 Å². The highest BCUT2D eigenvalue weighted by Gasteiger charge is 1.98. The lowest BCUT2D eigenvalue weighted by atomic mass is 10.1. The van der Waals surface area contributed by atoms with Gasteiger partial charge in [-0.3, -0.25) is 0 Å². The van der Waals surface area contributed by atoms with E-state index in [1.54, 1.807) is 0 Å². The summed E-state index contributed by atoms with van der Waals surface area (Å²) in [6.45, 7) is 6.19. The van der Waals surface area contributed by atoms with E-state index in [4.69, 9.17) is 0 Å². The quantitative estimate of drug-likeness (QED) is 0.704. The van der Waals surface area contributed by atoms with Crippen LogP contribution in [0.2, 0.25) is 0 Å². The maximum absolute atomic E-state index is 4.02. The number of likely N-dealkylation sites (N-methyl/N-ethyl adjacent to an activating group) is 1. The van der Waals surface area contributed by atoms with Gasteiger partial charge >= 0.3 is 0 Å². The minimum Gasteiger partial charge on any atom is -0.381 e. The molecule has 0 aliphatic heterocycles. The number of rotatable bonds is 4. The number of nitrogens with zero attached hydrogens (tertiary/aromatic N) is 1. The van der Waals surface area contributed by atoms with Gasteiger partial charge in [0.2, 0.25) is 0 Å². The van der Waals surface area contributed by atoms with Crippen LogP contribution in [-0.4, -0.2) is 19.0 Å². The number of allylic oxidation sites excluding steroid dienone is 1. The molecule has 1 heteroatoms. The molecule has 0 aromatic heterocycles. The topological polar surface area (TPSA) is 3.24 Å². The minimum absolute atomic E-state index is 0.941.